The molecule has 0 fully saturated rings. The Balaban J connectivity index is 1.77. The molecule has 2 aromatic carbocycles. The van der Waals surface area contributed by atoms with Crippen molar-refractivity contribution in [3.8, 4) is 34.0 Å². The van der Waals surface area contributed by atoms with Crippen LogP contribution in [0.25, 0.3) is 22.5 Å². The third-order valence-corrected chi connectivity index (χ3v) is 6.22. The number of phenols is 1. The standard InChI is InChI=1S/C23H19ClF3N3O2S/c1-3-13-8-15(18(31)9-19(13)32-10-14-6-4-5-7-16(14)24)21-20(17-11-33-12(2)28-17)22(30-29-21)23(25,26)27/h4-9,11,31H,3,10H2,1-2H3,(H,29,30). The zero-order valence-corrected chi connectivity index (χ0v) is 19.2. The van der Waals surface area contributed by atoms with E-state index in [1.807, 2.05) is 25.1 Å². The van der Waals surface area contributed by atoms with Crippen molar-refractivity contribution in [3.05, 3.63) is 68.6 Å². The molecule has 5 nitrogen and oxygen atoms in total. The lowest BCUT2D eigenvalue weighted by Gasteiger charge is -2.15. The number of nitrogens with zero attached hydrogens (tertiary/aromatic N) is 2. The van der Waals surface area contributed by atoms with Gasteiger partial charge in [0.25, 0.3) is 0 Å². The second kappa shape index (κ2) is 9.07. The smallest absolute Gasteiger partial charge is 0.433 e. The molecule has 0 aliphatic rings. The quantitative estimate of drug-likeness (QED) is 0.302. The lowest BCUT2D eigenvalue weighted by Crippen LogP contribution is -2.07. The minimum atomic E-state index is -4.67. The van der Waals surface area contributed by atoms with Crippen LogP contribution in [0.2, 0.25) is 5.02 Å². The van der Waals surface area contributed by atoms with Gasteiger partial charge >= 0.3 is 6.18 Å². The van der Waals surface area contributed by atoms with Gasteiger partial charge in [-0.2, -0.15) is 18.3 Å². The third-order valence-electron chi connectivity index (χ3n) is 5.08. The largest absolute Gasteiger partial charge is 0.507 e. The molecule has 0 saturated heterocycles. The molecule has 2 N–H and O–H groups in total. The van der Waals surface area contributed by atoms with Crippen LogP contribution in [0, 0.1) is 6.92 Å². The number of hydrogen-bond acceptors (Lipinski definition) is 5. The number of benzene rings is 2. The molecular formula is C23H19ClF3N3O2S. The van der Waals surface area contributed by atoms with Crippen molar-refractivity contribution in [1.29, 1.82) is 0 Å². The highest BCUT2D eigenvalue weighted by Gasteiger charge is 2.39. The van der Waals surface area contributed by atoms with Crippen LogP contribution in [0.4, 0.5) is 13.2 Å². The summed E-state index contributed by atoms with van der Waals surface area (Å²) in [5.74, 6) is 0.158. The Morgan fingerprint density at radius 2 is 1.94 bits per heavy atom. The summed E-state index contributed by atoms with van der Waals surface area (Å²) in [7, 11) is 0. The van der Waals surface area contributed by atoms with Crippen molar-refractivity contribution in [2.75, 3.05) is 0 Å². The number of aromatic hydroxyl groups is 1. The first kappa shape index (κ1) is 23.1. The number of aromatic amines is 1. The van der Waals surface area contributed by atoms with Crippen molar-refractivity contribution in [3.63, 3.8) is 0 Å². The Morgan fingerprint density at radius 3 is 2.58 bits per heavy atom. The molecule has 0 aliphatic carbocycles. The van der Waals surface area contributed by atoms with Gasteiger partial charge in [0.2, 0.25) is 0 Å². The number of thiazole rings is 1. The van der Waals surface area contributed by atoms with Crippen LogP contribution in [0.15, 0.2) is 41.8 Å². The molecule has 2 aromatic heterocycles. The van der Waals surface area contributed by atoms with Crippen LogP contribution >= 0.6 is 22.9 Å². The topological polar surface area (TPSA) is 71.0 Å². The van der Waals surface area contributed by atoms with Gasteiger partial charge in [-0.3, -0.25) is 5.10 Å². The van der Waals surface area contributed by atoms with E-state index in [2.05, 4.69) is 15.2 Å². The van der Waals surface area contributed by atoms with Crippen LogP contribution in [-0.2, 0) is 19.2 Å². The molecular weight excluding hydrogens is 475 g/mol. The normalized spacial score (nSPS) is 11.7. The molecule has 0 spiro atoms. The van der Waals surface area contributed by atoms with Gasteiger partial charge in [0, 0.05) is 27.6 Å². The first-order valence-corrected chi connectivity index (χ1v) is 11.2. The van der Waals surface area contributed by atoms with Crippen LogP contribution in [-0.4, -0.2) is 20.3 Å². The van der Waals surface area contributed by atoms with Crippen molar-refractivity contribution in [1.82, 2.24) is 15.2 Å². The monoisotopic (exact) mass is 493 g/mol. The second-order valence-corrected chi connectivity index (χ2v) is 8.75. The molecule has 0 atom stereocenters. The summed E-state index contributed by atoms with van der Waals surface area (Å²) in [6.07, 6.45) is -4.15. The highest BCUT2D eigenvalue weighted by molar-refractivity contribution is 7.09. The number of phenolic OH excluding ortho intramolecular Hbond substituents is 1. The van der Waals surface area contributed by atoms with Gasteiger partial charge in [-0.05, 0) is 31.0 Å². The van der Waals surface area contributed by atoms with Crippen LogP contribution in [0.5, 0.6) is 11.5 Å². The maximum atomic E-state index is 13.7. The van der Waals surface area contributed by atoms with Gasteiger partial charge in [0.05, 0.1) is 16.3 Å². The molecule has 0 radical (unpaired) electrons. The molecule has 172 valence electrons. The summed E-state index contributed by atoms with van der Waals surface area (Å²) >= 11 is 7.41. The number of ether oxygens (including phenoxy) is 1. The summed E-state index contributed by atoms with van der Waals surface area (Å²) in [6.45, 7) is 3.77. The average Bonchev–Trinajstić information content (AvgIpc) is 3.39. The molecule has 2 heterocycles. The number of alkyl halides is 3. The van der Waals surface area contributed by atoms with E-state index in [0.717, 1.165) is 5.56 Å². The lowest BCUT2D eigenvalue weighted by atomic mass is 9.99. The van der Waals surface area contributed by atoms with Gasteiger partial charge in [0.1, 0.15) is 29.5 Å². The number of H-pyrrole nitrogens is 1. The van der Waals surface area contributed by atoms with Crippen LogP contribution in [0.3, 0.4) is 0 Å². The first-order valence-electron chi connectivity index (χ1n) is 9.99. The number of hydrogen-bond donors (Lipinski definition) is 2. The average molecular weight is 494 g/mol. The maximum Gasteiger partial charge on any atom is 0.433 e. The summed E-state index contributed by atoms with van der Waals surface area (Å²) in [5, 5.41) is 19.5. The van der Waals surface area contributed by atoms with E-state index in [0.29, 0.717) is 27.8 Å². The molecule has 0 saturated carbocycles. The maximum absolute atomic E-state index is 13.7. The molecule has 10 heteroatoms. The fraction of sp³-hybridized carbons (Fsp3) is 0.217. The van der Waals surface area contributed by atoms with Gasteiger partial charge in [0.15, 0.2) is 0 Å². The predicted molar refractivity (Wildman–Crippen MR) is 122 cm³/mol. The van der Waals surface area contributed by atoms with E-state index >= 15 is 0 Å². The Bertz CT molecular complexity index is 1300. The van der Waals surface area contributed by atoms with Crippen molar-refractivity contribution < 1.29 is 23.0 Å². The number of aryl methyl sites for hydroxylation is 2. The number of halogens is 4. The molecule has 0 amide bonds. The van der Waals surface area contributed by atoms with E-state index < -0.39 is 11.9 Å². The van der Waals surface area contributed by atoms with Crippen LogP contribution < -0.4 is 4.74 Å². The highest BCUT2D eigenvalue weighted by atomic mass is 35.5. The Morgan fingerprint density at radius 1 is 1.18 bits per heavy atom. The molecule has 33 heavy (non-hydrogen) atoms. The zero-order valence-electron chi connectivity index (χ0n) is 17.6. The van der Waals surface area contributed by atoms with Gasteiger partial charge in [-0.15, -0.1) is 11.3 Å². The number of nitrogens with one attached hydrogen (secondary N) is 1. The van der Waals surface area contributed by atoms with Gasteiger partial charge < -0.3 is 9.84 Å². The molecule has 0 unspecified atom stereocenters. The SMILES string of the molecule is CCc1cc(-c2n[nH]c(C(F)(F)F)c2-c2csc(C)n2)c(O)cc1OCc1ccccc1Cl. The number of aromatic nitrogens is 3. The van der Waals surface area contributed by atoms with Gasteiger partial charge in [-0.1, -0.05) is 36.7 Å². The zero-order chi connectivity index (χ0) is 23.8. The van der Waals surface area contributed by atoms with E-state index in [1.54, 1.807) is 19.1 Å². The summed E-state index contributed by atoms with van der Waals surface area (Å²) in [5.41, 5.74) is 0.528. The Labute approximate surface area is 196 Å². The van der Waals surface area contributed by atoms with Crippen molar-refractivity contribution in [2.24, 2.45) is 0 Å². The minimum absolute atomic E-state index is 0.0301. The van der Waals surface area contributed by atoms with E-state index in [9.17, 15) is 18.3 Å². The van der Waals surface area contributed by atoms with E-state index in [1.165, 1.54) is 22.8 Å². The Kier molecular flexibility index (Phi) is 6.36. The summed E-state index contributed by atoms with van der Waals surface area (Å²) in [4.78, 5) is 4.21. The van der Waals surface area contributed by atoms with Crippen LogP contribution in [0.1, 0.15) is 28.8 Å². The molecule has 0 aliphatic heterocycles. The third kappa shape index (κ3) is 4.69. The van der Waals surface area contributed by atoms with Crippen molar-refractivity contribution >= 4 is 22.9 Å². The second-order valence-electron chi connectivity index (χ2n) is 7.28. The number of rotatable bonds is 6. The van der Waals surface area contributed by atoms with Crippen molar-refractivity contribution in [2.45, 2.75) is 33.1 Å². The first-order chi connectivity index (χ1) is 15.7. The summed E-state index contributed by atoms with van der Waals surface area (Å²) < 4.78 is 46.9. The summed E-state index contributed by atoms with van der Waals surface area (Å²) in [6, 6.07) is 10.2. The van der Waals surface area contributed by atoms with Gasteiger partial charge in [-0.25, -0.2) is 4.98 Å². The molecule has 4 aromatic rings. The van der Waals surface area contributed by atoms with E-state index in [-0.39, 0.29) is 34.9 Å². The lowest BCUT2D eigenvalue weighted by molar-refractivity contribution is -0.140. The highest BCUT2D eigenvalue weighted by Crippen LogP contribution is 2.44. The molecule has 4 rings (SSSR count). The Hall–Kier alpha value is -3.04. The fourth-order valence-electron chi connectivity index (χ4n) is 3.45. The predicted octanol–water partition coefficient (Wildman–Crippen LogP) is 7.03. The minimum Gasteiger partial charge on any atom is -0.507 e. The molecule has 0 bridgehead atoms. The van der Waals surface area contributed by atoms with E-state index in [4.69, 9.17) is 16.3 Å². The fourth-order valence-corrected chi connectivity index (χ4v) is 4.25.